The summed E-state index contributed by atoms with van der Waals surface area (Å²) >= 11 is 11.8. The monoisotopic (exact) mass is 413 g/mol. The molecule has 0 atom stereocenters. The predicted octanol–water partition coefficient (Wildman–Crippen LogP) is 1.89. The second-order valence-electron chi connectivity index (χ2n) is 5.66. The number of nitrogens with zero attached hydrogens (tertiary/aromatic N) is 2. The van der Waals surface area contributed by atoms with E-state index in [0.29, 0.717) is 6.42 Å². The van der Waals surface area contributed by atoms with E-state index in [9.17, 15) is 19.2 Å². The van der Waals surface area contributed by atoms with E-state index in [-0.39, 0.29) is 28.0 Å². The summed E-state index contributed by atoms with van der Waals surface area (Å²) in [5.74, 6) is -1.97. The fourth-order valence-corrected chi connectivity index (χ4v) is 2.81. The highest BCUT2D eigenvalue weighted by atomic mass is 35.5. The SMILES string of the molecule is CCCn1c(N)c(C(=O)COC(=O)c2cccc(Cl)c2Cl)c(=O)n(C)c1=O. The van der Waals surface area contributed by atoms with E-state index >= 15 is 0 Å². The summed E-state index contributed by atoms with van der Waals surface area (Å²) in [4.78, 5) is 49.0. The van der Waals surface area contributed by atoms with Crippen LogP contribution in [0.2, 0.25) is 10.0 Å². The molecule has 1 aromatic heterocycles. The lowest BCUT2D eigenvalue weighted by Gasteiger charge is -2.14. The van der Waals surface area contributed by atoms with Crippen LogP contribution in [0.4, 0.5) is 5.82 Å². The van der Waals surface area contributed by atoms with Gasteiger partial charge in [0.2, 0.25) is 5.78 Å². The zero-order valence-corrected chi connectivity index (χ0v) is 16.1. The van der Waals surface area contributed by atoms with Crippen LogP contribution in [0, 0.1) is 0 Å². The summed E-state index contributed by atoms with van der Waals surface area (Å²) in [5, 5.41) is 0.144. The predicted molar refractivity (Wildman–Crippen MR) is 102 cm³/mol. The highest BCUT2D eigenvalue weighted by Crippen LogP contribution is 2.26. The van der Waals surface area contributed by atoms with Crippen molar-refractivity contribution in [3.63, 3.8) is 0 Å². The molecule has 0 unspecified atom stereocenters. The molecular weight excluding hydrogens is 397 g/mol. The fourth-order valence-electron chi connectivity index (χ4n) is 2.43. The Balaban J connectivity index is 2.31. The molecule has 144 valence electrons. The number of rotatable bonds is 6. The number of aromatic nitrogens is 2. The van der Waals surface area contributed by atoms with Crippen LogP contribution in [0.1, 0.15) is 34.1 Å². The number of carbonyl (C=O) groups is 2. The molecule has 0 aliphatic rings. The number of nitrogen functional groups attached to an aromatic ring is 1. The first-order valence-corrected chi connectivity index (χ1v) is 8.69. The van der Waals surface area contributed by atoms with E-state index < -0.39 is 35.2 Å². The highest BCUT2D eigenvalue weighted by Gasteiger charge is 2.23. The van der Waals surface area contributed by atoms with Gasteiger partial charge >= 0.3 is 11.7 Å². The van der Waals surface area contributed by atoms with Gasteiger partial charge in [0, 0.05) is 13.6 Å². The van der Waals surface area contributed by atoms with E-state index in [4.69, 9.17) is 33.7 Å². The smallest absolute Gasteiger partial charge is 0.340 e. The van der Waals surface area contributed by atoms with Gasteiger partial charge in [-0.15, -0.1) is 0 Å². The molecule has 0 saturated heterocycles. The second-order valence-corrected chi connectivity index (χ2v) is 6.44. The van der Waals surface area contributed by atoms with E-state index in [1.54, 1.807) is 0 Å². The molecule has 1 aromatic carbocycles. The second kappa shape index (κ2) is 8.41. The molecule has 0 spiro atoms. The quantitative estimate of drug-likeness (QED) is 0.571. The van der Waals surface area contributed by atoms with Crippen molar-refractivity contribution in [1.29, 1.82) is 0 Å². The molecule has 0 aliphatic carbocycles. The van der Waals surface area contributed by atoms with Crippen molar-refractivity contribution in [3.8, 4) is 0 Å². The van der Waals surface area contributed by atoms with E-state index in [2.05, 4.69) is 0 Å². The van der Waals surface area contributed by atoms with Crippen LogP contribution < -0.4 is 17.0 Å². The number of ether oxygens (including phenoxy) is 1. The number of Topliss-reactive ketones (excluding diaryl/α,β-unsaturated/α-hetero) is 1. The maximum atomic E-state index is 12.4. The highest BCUT2D eigenvalue weighted by molar-refractivity contribution is 6.43. The van der Waals surface area contributed by atoms with Crippen LogP contribution in [0.25, 0.3) is 0 Å². The van der Waals surface area contributed by atoms with Gasteiger partial charge in [-0.2, -0.15) is 0 Å². The normalized spacial score (nSPS) is 10.7. The number of carbonyl (C=O) groups excluding carboxylic acids is 2. The van der Waals surface area contributed by atoms with Gasteiger partial charge in [-0.05, 0) is 18.6 Å². The Labute approximate surface area is 164 Å². The molecule has 2 aromatic rings. The molecule has 2 rings (SSSR count). The van der Waals surface area contributed by atoms with Crippen LogP contribution in [-0.2, 0) is 18.3 Å². The van der Waals surface area contributed by atoms with E-state index in [1.165, 1.54) is 25.2 Å². The average molecular weight is 414 g/mol. The van der Waals surface area contributed by atoms with E-state index in [1.807, 2.05) is 6.92 Å². The molecule has 0 saturated carbocycles. The Morgan fingerprint density at radius 3 is 2.52 bits per heavy atom. The number of nitrogens with two attached hydrogens (primary N) is 1. The minimum Gasteiger partial charge on any atom is -0.454 e. The van der Waals surface area contributed by atoms with Crippen molar-refractivity contribution in [2.75, 3.05) is 12.3 Å². The lowest BCUT2D eigenvalue weighted by atomic mass is 10.2. The van der Waals surface area contributed by atoms with Crippen LogP contribution in [0.3, 0.4) is 0 Å². The summed E-state index contributed by atoms with van der Waals surface area (Å²) in [6, 6.07) is 4.38. The van der Waals surface area contributed by atoms with Crippen LogP contribution in [0.15, 0.2) is 27.8 Å². The number of anilines is 1. The molecule has 0 radical (unpaired) electrons. The molecule has 27 heavy (non-hydrogen) atoms. The number of halogens is 2. The van der Waals surface area contributed by atoms with Gasteiger partial charge < -0.3 is 10.5 Å². The average Bonchev–Trinajstić information content (AvgIpc) is 2.64. The maximum Gasteiger partial charge on any atom is 0.340 e. The molecule has 10 heteroatoms. The van der Waals surface area contributed by atoms with Crippen molar-refractivity contribution < 1.29 is 14.3 Å². The first kappa shape index (κ1) is 20.7. The number of hydrogen-bond acceptors (Lipinski definition) is 6. The van der Waals surface area contributed by atoms with Crippen molar-refractivity contribution in [3.05, 3.63) is 60.2 Å². The summed E-state index contributed by atoms with van der Waals surface area (Å²) in [7, 11) is 1.24. The molecule has 1 heterocycles. The topological polar surface area (TPSA) is 113 Å². The number of ketones is 1. The van der Waals surface area contributed by atoms with E-state index in [0.717, 1.165) is 9.13 Å². The first-order chi connectivity index (χ1) is 12.7. The molecule has 2 N–H and O–H groups in total. The summed E-state index contributed by atoms with van der Waals surface area (Å²) in [5.41, 5.74) is 3.94. The fraction of sp³-hybridized carbons (Fsp3) is 0.294. The Morgan fingerprint density at radius 1 is 1.22 bits per heavy atom. The zero-order chi connectivity index (χ0) is 20.3. The molecule has 0 amide bonds. The van der Waals surface area contributed by atoms with Crippen LogP contribution in [0.5, 0.6) is 0 Å². The third-order valence-corrected chi connectivity index (χ3v) is 4.63. The third-order valence-electron chi connectivity index (χ3n) is 3.82. The molecule has 8 nitrogen and oxygen atoms in total. The van der Waals surface area contributed by atoms with Crippen molar-refractivity contribution >= 4 is 40.8 Å². The Morgan fingerprint density at radius 2 is 1.89 bits per heavy atom. The number of hydrogen-bond donors (Lipinski definition) is 1. The van der Waals surface area contributed by atoms with Gasteiger partial charge in [-0.25, -0.2) is 9.59 Å². The third kappa shape index (κ3) is 4.06. The summed E-state index contributed by atoms with van der Waals surface area (Å²) in [6.07, 6.45) is 0.568. The van der Waals surface area contributed by atoms with Gasteiger partial charge in [0.1, 0.15) is 11.4 Å². The number of benzene rings is 1. The Hall–Kier alpha value is -2.58. The van der Waals surface area contributed by atoms with Gasteiger partial charge in [0.15, 0.2) is 6.61 Å². The van der Waals surface area contributed by atoms with Crippen LogP contribution >= 0.6 is 23.2 Å². The van der Waals surface area contributed by atoms with Crippen molar-refractivity contribution in [2.45, 2.75) is 19.9 Å². The van der Waals surface area contributed by atoms with Gasteiger partial charge in [-0.1, -0.05) is 36.2 Å². The summed E-state index contributed by atoms with van der Waals surface area (Å²) < 4.78 is 6.85. The molecule has 0 aliphatic heterocycles. The Kier molecular flexibility index (Phi) is 6.45. The maximum absolute atomic E-state index is 12.4. The lowest BCUT2D eigenvalue weighted by Crippen LogP contribution is -2.43. The van der Waals surface area contributed by atoms with Crippen molar-refractivity contribution in [2.24, 2.45) is 7.05 Å². The van der Waals surface area contributed by atoms with Gasteiger partial charge in [-0.3, -0.25) is 18.7 Å². The molecule has 0 fully saturated rings. The molecular formula is C17H17Cl2N3O5. The summed E-state index contributed by atoms with van der Waals surface area (Å²) in [6.45, 7) is 1.30. The van der Waals surface area contributed by atoms with Gasteiger partial charge in [0.05, 0.1) is 15.6 Å². The minimum absolute atomic E-state index is 0.0106. The lowest BCUT2D eigenvalue weighted by molar-refractivity contribution is 0.0474. The minimum atomic E-state index is -0.881. The first-order valence-electron chi connectivity index (χ1n) is 7.94. The van der Waals surface area contributed by atoms with Gasteiger partial charge in [0.25, 0.3) is 5.56 Å². The molecule has 0 bridgehead atoms. The van der Waals surface area contributed by atoms with Crippen molar-refractivity contribution in [1.82, 2.24) is 9.13 Å². The zero-order valence-electron chi connectivity index (χ0n) is 14.6. The van der Waals surface area contributed by atoms with Crippen LogP contribution in [-0.4, -0.2) is 27.5 Å². The largest absolute Gasteiger partial charge is 0.454 e. The number of esters is 1. The standard InChI is InChI=1S/C17H17Cl2N3O5/c1-3-7-22-14(20)12(15(24)21(2)17(22)26)11(23)8-27-16(25)9-5-4-6-10(18)13(9)19/h4-6H,3,7-8,20H2,1-2H3. The Bertz CT molecular complexity index is 1030.